The number of hydrogen-bond acceptors (Lipinski definition) is 4. The zero-order valence-electron chi connectivity index (χ0n) is 13.2. The van der Waals surface area contributed by atoms with Gasteiger partial charge in [0.1, 0.15) is 5.82 Å². The normalized spacial score (nSPS) is 13.6. The molecule has 120 valence electrons. The number of fused-ring (bicyclic) bond motifs is 1. The Morgan fingerprint density at radius 2 is 2.04 bits per heavy atom. The highest BCUT2D eigenvalue weighted by atomic mass is 35.5. The van der Waals surface area contributed by atoms with Crippen LogP contribution >= 0.6 is 11.6 Å². The largest absolute Gasteiger partial charge is 0.453 e. The molecule has 23 heavy (non-hydrogen) atoms. The van der Waals surface area contributed by atoms with Crippen molar-refractivity contribution in [2.24, 2.45) is 0 Å². The predicted octanol–water partition coefficient (Wildman–Crippen LogP) is 3.48. The molecule has 0 saturated heterocycles. The van der Waals surface area contributed by atoms with Crippen LogP contribution < -0.4 is 0 Å². The van der Waals surface area contributed by atoms with Crippen molar-refractivity contribution in [3.05, 3.63) is 46.4 Å². The van der Waals surface area contributed by atoms with Gasteiger partial charge in [-0.25, -0.2) is 14.8 Å². The summed E-state index contributed by atoms with van der Waals surface area (Å²) in [5.74, 6) is 0.820. The molecule has 0 spiro atoms. The van der Waals surface area contributed by atoms with Gasteiger partial charge in [-0.15, -0.1) is 0 Å². The fraction of sp³-hybridized carbons (Fsp3) is 0.353. The molecule has 1 aromatic heterocycles. The topological polar surface area (TPSA) is 55.3 Å². The molecule has 3 rings (SSSR count). The molecule has 0 unspecified atom stereocenters. The highest BCUT2D eigenvalue weighted by molar-refractivity contribution is 6.30. The number of carbonyl (C=O) groups excluding carboxylic acids is 1. The summed E-state index contributed by atoms with van der Waals surface area (Å²) in [6.45, 7) is 3.11. The van der Waals surface area contributed by atoms with E-state index in [1.165, 1.54) is 7.11 Å². The van der Waals surface area contributed by atoms with Crippen molar-refractivity contribution < 1.29 is 9.53 Å². The van der Waals surface area contributed by atoms with E-state index in [1.807, 2.05) is 31.2 Å². The van der Waals surface area contributed by atoms with E-state index in [2.05, 4.69) is 4.98 Å². The van der Waals surface area contributed by atoms with Crippen molar-refractivity contribution in [2.45, 2.75) is 26.3 Å². The molecule has 0 aliphatic carbocycles. The van der Waals surface area contributed by atoms with Crippen LogP contribution in [0.15, 0.2) is 24.3 Å². The van der Waals surface area contributed by atoms with Gasteiger partial charge >= 0.3 is 6.09 Å². The fourth-order valence-corrected chi connectivity index (χ4v) is 2.88. The lowest BCUT2D eigenvalue weighted by molar-refractivity contribution is 0.118. The van der Waals surface area contributed by atoms with E-state index in [1.54, 1.807) is 4.90 Å². The number of hydrogen-bond donors (Lipinski definition) is 0. The van der Waals surface area contributed by atoms with Crippen LogP contribution in [0.25, 0.3) is 11.3 Å². The van der Waals surface area contributed by atoms with Gasteiger partial charge in [0.25, 0.3) is 0 Å². The van der Waals surface area contributed by atoms with Crippen molar-refractivity contribution >= 4 is 17.7 Å². The molecular weight excluding hydrogens is 314 g/mol. The molecule has 0 saturated carbocycles. The van der Waals surface area contributed by atoms with Crippen LogP contribution in [0.4, 0.5) is 4.79 Å². The Labute approximate surface area is 140 Å². The monoisotopic (exact) mass is 331 g/mol. The zero-order chi connectivity index (χ0) is 16.4. The Balaban J connectivity index is 2.08. The number of aromatic nitrogens is 2. The van der Waals surface area contributed by atoms with Crippen molar-refractivity contribution in [3.63, 3.8) is 0 Å². The van der Waals surface area contributed by atoms with Crippen LogP contribution in [-0.4, -0.2) is 34.6 Å². The molecule has 1 aromatic carbocycles. The SMILES string of the molecule is CCc1nc2c(c(-c3ccc(Cl)cc3)n1)CN(C(=O)OC)CC2. The smallest absolute Gasteiger partial charge is 0.409 e. The average molecular weight is 332 g/mol. The van der Waals surface area contributed by atoms with Gasteiger partial charge in [-0.1, -0.05) is 30.7 Å². The minimum Gasteiger partial charge on any atom is -0.453 e. The molecular formula is C17H18ClN3O2. The van der Waals surface area contributed by atoms with Crippen LogP contribution in [0.1, 0.15) is 24.0 Å². The zero-order valence-corrected chi connectivity index (χ0v) is 13.9. The highest BCUT2D eigenvalue weighted by Gasteiger charge is 2.26. The van der Waals surface area contributed by atoms with Crippen molar-refractivity contribution in [1.82, 2.24) is 14.9 Å². The van der Waals surface area contributed by atoms with E-state index >= 15 is 0 Å². The Hall–Kier alpha value is -2.14. The lowest BCUT2D eigenvalue weighted by Gasteiger charge is -2.28. The minimum absolute atomic E-state index is 0.322. The Morgan fingerprint density at radius 1 is 1.30 bits per heavy atom. The molecule has 0 radical (unpaired) electrons. The summed E-state index contributed by atoms with van der Waals surface area (Å²) in [7, 11) is 1.40. The molecule has 6 heteroatoms. The molecule has 0 N–H and O–H groups in total. The van der Waals surface area contributed by atoms with Crippen molar-refractivity contribution in [1.29, 1.82) is 0 Å². The highest BCUT2D eigenvalue weighted by Crippen LogP contribution is 2.29. The van der Waals surface area contributed by atoms with Gasteiger partial charge in [0.2, 0.25) is 0 Å². The van der Waals surface area contributed by atoms with Gasteiger partial charge < -0.3 is 9.64 Å². The van der Waals surface area contributed by atoms with Crippen LogP contribution in [0, 0.1) is 0 Å². The van der Waals surface area contributed by atoms with E-state index in [0.717, 1.165) is 34.8 Å². The number of benzene rings is 1. The van der Waals surface area contributed by atoms with Crippen molar-refractivity contribution in [3.8, 4) is 11.3 Å². The van der Waals surface area contributed by atoms with E-state index < -0.39 is 0 Å². The summed E-state index contributed by atoms with van der Waals surface area (Å²) >= 11 is 5.98. The van der Waals surface area contributed by atoms with Gasteiger partial charge in [0, 0.05) is 35.5 Å². The van der Waals surface area contributed by atoms with E-state index in [-0.39, 0.29) is 6.09 Å². The third-order valence-corrected chi connectivity index (χ3v) is 4.23. The lowest BCUT2D eigenvalue weighted by atomic mass is 9.99. The Bertz CT molecular complexity index is 731. The second-order valence-electron chi connectivity index (χ2n) is 5.42. The summed E-state index contributed by atoms with van der Waals surface area (Å²) < 4.78 is 4.84. The number of rotatable bonds is 2. The first-order chi connectivity index (χ1) is 11.1. The van der Waals surface area contributed by atoms with Crippen LogP contribution in [-0.2, 0) is 24.1 Å². The maximum Gasteiger partial charge on any atom is 0.409 e. The summed E-state index contributed by atoms with van der Waals surface area (Å²) in [6.07, 6.45) is 1.16. The lowest BCUT2D eigenvalue weighted by Crippen LogP contribution is -2.37. The third kappa shape index (κ3) is 3.15. The van der Waals surface area contributed by atoms with Gasteiger partial charge in [0.15, 0.2) is 0 Å². The molecule has 0 bridgehead atoms. The number of ether oxygens (including phenoxy) is 1. The average Bonchev–Trinajstić information content (AvgIpc) is 2.60. The molecule has 0 atom stereocenters. The number of amides is 1. The first kappa shape index (κ1) is 15.7. The van der Waals surface area contributed by atoms with Gasteiger partial charge in [0.05, 0.1) is 25.0 Å². The van der Waals surface area contributed by atoms with Crippen LogP contribution in [0.5, 0.6) is 0 Å². The molecule has 2 aromatic rings. The predicted molar refractivity (Wildman–Crippen MR) is 88.4 cm³/mol. The minimum atomic E-state index is -0.322. The number of carbonyl (C=O) groups is 1. The summed E-state index contributed by atoms with van der Waals surface area (Å²) in [6, 6.07) is 7.58. The maximum atomic E-state index is 11.8. The molecule has 5 nitrogen and oxygen atoms in total. The quantitative estimate of drug-likeness (QED) is 0.845. The van der Waals surface area contributed by atoms with Gasteiger partial charge in [-0.2, -0.15) is 0 Å². The third-order valence-electron chi connectivity index (χ3n) is 3.97. The Morgan fingerprint density at radius 3 is 2.70 bits per heavy atom. The molecule has 1 aliphatic rings. The second-order valence-corrected chi connectivity index (χ2v) is 5.85. The second kappa shape index (κ2) is 6.54. The number of methoxy groups -OCH3 is 1. The Kier molecular flexibility index (Phi) is 4.48. The number of nitrogens with zero attached hydrogens (tertiary/aromatic N) is 3. The first-order valence-corrected chi connectivity index (χ1v) is 7.97. The summed E-state index contributed by atoms with van der Waals surface area (Å²) in [5, 5.41) is 0.684. The molecule has 1 aliphatic heterocycles. The van der Waals surface area contributed by atoms with Gasteiger partial charge in [-0.05, 0) is 12.1 Å². The van der Waals surface area contributed by atoms with Crippen LogP contribution in [0.2, 0.25) is 5.02 Å². The van der Waals surface area contributed by atoms with Crippen LogP contribution in [0.3, 0.4) is 0 Å². The maximum absolute atomic E-state index is 11.8. The number of aryl methyl sites for hydroxylation is 1. The number of halogens is 1. The van der Waals surface area contributed by atoms with E-state index in [0.29, 0.717) is 24.5 Å². The summed E-state index contributed by atoms with van der Waals surface area (Å²) in [5.41, 5.74) is 3.86. The molecule has 2 heterocycles. The van der Waals surface area contributed by atoms with E-state index in [9.17, 15) is 4.79 Å². The fourth-order valence-electron chi connectivity index (χ4n) is 2.75. The van der Waals surface area contributed by atoms with E-state index in [4.69, 9.17) is 21.3 Å². The first-order valence-electron chi connectivity index (χ1n) is 7.60. The molecule has 1 amide bonds. The van der Waals surface area contributed by atoms with Crippen molar-refractivity contribution in [2.75, 3.05) is 13.7 Å². The summed E-state index contributed by atoms with van der Waals surface area (Å²) in [4.78, 5) is 22.8. The van der Waals surface area contributed by atoms with Gasteiger partial charge in [-0.3, -0.25) is 0 Å². The standard InChI is InChI=1S/C17H18ClN3O2/c1-3-15-19-14-8-9-21(17(22)23-2)10-13(14)16(20-15)11-4-6-12(18)7-5-11/h4-7H,3,8-10H2,1-2H3. The molecule has 0 fully saturated rings.